The third-order valence-corrected chi connectivity index (χ3v) is 2.83. The molecule has 5 nitrogen and oxygen atoms in total. The lowest BCUT2D eigenvalue weighted by Crippen LogP contribution is -1.94. The molecule has 3 aromatic rings. The van der Waals surface area contributed by atoms with Crippen molar-refractivity contribution in [3.63, 3.8) is 0 Å². The topological polar surface area (TPSA) is 80.5 Å². The zero-order valence-corrected chi connectivity index (χ0v) is 10.3. The van der Waals surface area contributed by atoms with Crippen molar-refractivity contribution in [3.05, 3.63) is 35.1 Å². The lowest BCUT2D eigenvalue weighted by molar-refractivity contribution is 1.26. The summed E-state index contributed by atoms with van der Waals surface area (Å²) in [5, 5.41) is 0. The van der Waals surface area contributed by atoms with Gasteiger partial charge in [-0.05, 0) is 34.1 Å². The molecule has 84 valence electrons. The number of H-pyrrole nitrogens is 1. The van der Waals surface area contributed by atoms with Gasteiger partial charge < -0.3 is 10.7 Å². The lowest BCUT2D eigenvalue weighted by Gasteiger charge is -2.01. The highest BCUT2D eigenvalue weighted by atomic mass is 79.9. The Hall–Kier alpha value is -1.95. The highest BCUT2D eigenvalue weighted by Gasteiger charge is 2.10. The number of halogens is 1. The van der Waals surface area contributed by atoms with Gasteiger partial charge in [-0.1, -0.05) is 0 Å². The van der Waals surface area contributed by atoms with Gasteiger partial charge in [0.05, 0.1) is 11.1 Å². The van der Waals surface area contributed by atoms with Crippen molar-refractivity contribution in [1.29, 1.82) is 0 Å². The van der Waals surface area contributed by atoms with Gasteiger partial charge in [-0.2, -0.15) is 0 Å². The molecule has 3 aromatic heterocycles. The summed E-state index contributed by atoms with van der Waals surface area (Å²) < 4.78 is 0.857. The molecule has 0 aliphatic carbocycles. The third kappa shape index (κ3) is 1.76. The maximum Gasteiger partial charge on any atom is 0.178 e. The first-order valence-electron chi connectivity index (χ1n) is 4.96. The van der Waals surface area contributed by atoms with Crippen molar-refractivity contribution in [3.8, 4) is 11.4 Å². The van der Waals surface area contributed by atoms with Crippen LogP contribution in [0.5, 0.6) is 0 Å². The van der Waals surface area contributed by atoms with E-state index in [1.54, 1.807) is 12.4 Å². The summed E-state index contributed by atoms with van der Waals surface area (Å²) in [6.07, 6.45) is 3.36. The summed E-state index contributed by atoms with van der Waals surface area (Å²) in [5.41, 5.74) is 8.14. The molecule has 0 aromatic carbocycles. The molecule has 0 bridgehead atoms. The fourth-order valence-corrected chi connectivity index (χ4v) is 1.94. The molecule has 6 heteroatoms. The Labute approximate surface area is 105 Å². The lowest BCUT2D eigenvalue weighted by atomic mass is 10.2. The van der Waals surface area contributed by atoms with E-state index >= 15 is 0 Å². The number of nitrogens with zero attached hydrogens (tertiary/aromatic N) is 3. The smallest absolute Gasteiger partial charge is 0.178 e. The number of imidazole rings is 1. The number of anilines is 1. The van der Waals surface area contributed by atoms with Crippen LogP contribution in [0.3, 0.4) is 0 Å². The number of rotatable bonds is 1. The number of nitrogens with two attached hydrogens (primary N) is 1. The molecule has 0 unspecified atom stereocenters. The first kappa shape index (κ1) is 10.2. The van der Waals surface area contributed by atoms with E-state index in [-0.39, 0.29) is 0 Å². The number of aromatic nitrogens is 4. The first-order valence-corrected chi connectivity index (χ1v) is 5.75. The van der Waals surface area contributed by atoms with Crippen molar-refractivity contribution < 1.29 is 0 Å². The maximum atomic E-state index is 5.83. The molecule has 0 atom stereocenters. The van der Waals surface area contributed by atoms with E-state index in [1.165, 1.54) is 0 Å². The Kier molecular flexibility index (Phi) is 2.29. The number of nitrogens with one attached hydrogen (secondary N) is 1. The largest absolute Gasteiger partial charge is 0.383 e. The maximum absolute atomic E-state index is 5.83. The molecular weight excluding hydrogens is 282 g/mol. The molecule has 0 spiro atoms. The molecule has 0 saturated heterocycles. The quantitative estimate of drug-likeness (QED) is 0.721. The second-order valence-electron chi connectivity index (χ2n) is 3.55. The Balaban J connectivity index is 2.23. The molecule has 17 heavy (non-hydrogen) atoms. The zero-order chi connectivity index (χ0) is 11.8. The van der Waals surface area contributed by atoms with Gasteiger partial charge >= 0.3 is 0 Å². The number of fused-ring (bicyclic) bond motifs is 1. The van der Waals surface area contributed by atoms with Crippen LogP contribution in [0.1, 0.15) is 0 Å². The highest BCUT2D eigenvalue weighted by molar-refractivity contribution is 9.10. The molecule has 3 N–H and O–H groups in total. The van der Waals surface area contributed by atoms with E-state index in [9.17, 15) is 0 Å². The molecule has 0 aliphatic rings. The van der Waals surface area contributed by atoms with Gasteiger partial charge in [-0.25, -0.2) is 15.0 Å². The molecule has 3 heterocycles. The van der Waals surface area contributed by atoms with Gasteiger partial charge in [-0.15, -0.1) is 0 Å². The van der Waals surface area contributed by atoms with Crippen LogP contribution in [0, 0.1) is 0 Å². The van der Waals surface area contributed by atoms with Gasteiger partial charge in [0.15, 0.2) is 5.65 Å². The monoisotopic (exact) mass is 289 g/mol. The molecule has 0 radical (unpaired) electrons. The van der Waals surface area contributed by atoms with Crippen molar-refractivity contribution in [2.45, 2.75) is 0 Å². The van der Waals surface area contributed by atoms with E-state index in [1.807, 2.05) is 18.2 Å². The van der Waals surface area contributed by atoms with Crippen molar-refractivity contribution in [2.24, 2.45) is 0 Å². The van der Waals surface area contributed by atoms with E-state index in [0.29, 0.717) is 17.3 Å². The molecule has 0 fully saturated rings. The summed E-state index contributed by atoms with van der Waals surface area (Å²) in [5.74, 6) is 1.11. The number of hydrogen-bond donors (Lipinski definition) is 2. The van der Waals surface area contributed by atoms with Crippen LogP contribution in [0.2, 0.25) is 0 Å². The average molecular weight is 290 g/mol. The van der Waals surface area contributed by atoms with Crippen LogP contribution in [0.4, 0.5) is 5.82 Å². The molecule has 0 saturated carbocycles. The van der Waals surface area contributed by atoms with Crippen LogP contribution in [-0.2, 0) is 0 Å². The van der Waals surface area contributed by atoms with Crippen LogP contribution in [0.25, 0.3) is 22.6 Å². The highest BCUT2D eigenvalue weighted by Crippen LogP contribution is 2.26. The van der Waals surface area contributed by atoms with Gasteiger partial charge in [0, 0.05) is 16.9 Å². The second kappa shape index (κ2) is 3.81. The van der Waals surface area contributed by atoms with E-state index in [4.69, 9.17) is 5.73 Å². The Morgan fingerprint density at radius 1 is 1.29 bits per heavy atom. The van der Waals surface area contributed by atoms with Crippen molar-refractivity contribution in [1.82, 2.24) is 19.9 Å². The molecule has 0 aliphatic heterocycles. The fraction of sp³-hybridized carbons (Fsp3) is 0. The summed E-state index contributed by atoms with van der Waals surface area (Å²) in [6.45, 7) is 0. The molecule has 3 rings (SSSR count). The van der Waals surface area contributed by atoms with E-state index in [0.717, 1.165) is 15.6 Å². The van der Waals surface area contributed by atoms with E-state index < -0.39 is 0 Å². The Morgan fingerprint density at radius 2 is 2.18 bits per heavy atom. The van der Waals surface area contributed by atoms with E-state index in [2.05, 4.69) is 35.9 Å². The predicted molar refractivity (Wildman–Crippen MR) is 69.2 cm³/mol. The SMILES string of the molecule is Nc1ncc(Br)cc1-c1nc2ncccc2[nH]1. The van der Waals surface area contributed by atoms with Gasteiger partial charge in [0.1, 0.15) is 11.6 Å². The molecule has 0 amide bonds. The number of pyridine rings is 2. The normalized spacial score (nSPS) is 10.9. The zero-order valence-electron chi connectivity index (χ0n) is 8.68. The van der Waals surface area contributed by atoms with Crippen LogP contribution < -0.4 is 5.73 Å². The Bertz CT molecular complexity index is 658. The van der Waals surface area contributed by atoms with Crippen molar-refractivity contribution >= 4 is 32.9 Å². The number of nitrogen functional groups attached to an aromatic ring is 1. The summed E-state index contributed by atoms with van der Waals surface area (Å²) in [6, 6.07) is 5.65. The molecular formula is C11H8BrN5. The summed E-state index contributed by atoms with van der Waals surface area (Å²) in [7, 11) is 0. The second-order valence-corrected chi connectivity index (χ2v) is 4.46. The fourth-order valence-electron chi connectivity index (χ4n) is 1.61. The number of aromatic amines is 1. The van der Waals surface area contributed by atoms with Crippen LogP contribution in [0.15, 0.2) is 35.1 Å². The third-order valence-electron chi connectivity index (χ3n) is 2.40. The average Bonchev–Trinajstić information content (AvgIpc) is 2.75. The van der Waals surface area contributed by atoms with Gasteiger partial charge in [0.25, 0.3) is 0 Å². The van der Waals surface area contributed by atoms with Crippen LogP contribution >= 0.6 is 15.9 Å². The van der Waals surface area contributed by atoms with Crippen molar-refractivity contribution in [2.75, 3.05) is 5.73 Å². The minimum atomic E-state index is 0.437. The Morgan fingerprint density at radius 3 is 3.00 bits per heavy atom. The summed E-state index contributed by atoms with van der Waals surface area (Å²) >= 11 is 3.36. The minimum absolute atomic E-state index is 0.437. The van der Waals surface area contributed by atoms with Gasteiger partial charge in [0.2, 0.25) is 0 Å². The van der Waals surface area contributed by atoms with Gasteiger partial charge in [-0.3, -0.25) is 0 Å². The minimum Gasteiger partial charge on any atom is -0.383 e. The summed E-state index contributed by atoms with van der Waals surface area (Å²) in [4.78, 5) is 15.8. The first-order chi connectivity index (χ1) is 8.24. The van der Waals surface area contributed by atoms with Crippen LogP contribution in [-0.4, -0.2) is 19.9 Å². The standard InChI is InChI=1S/C11H8BrN5/c12-6-4-7(9(13)15-5-6)10-16-8-2-1-3-14-11(8)17-10/h1-5H,(H2,13,15)(H,14,16,17). The number of hydrogen-bond acceptors (Lipinski definition) is 4. The predicted octanol–water partition coefficient (Wildman–Crippen LogP) is 2.36.